The number of aryl methyl sites for hydroxylation is 1. The monoisotopic (exact) mass is 742 g/mol. The van der Waals surface area contributed by atoms with E-state index in [1.807, 2.05) is 30.3 Å². The molecule has 0 amide bonds. The highest BCUT2D eigenvalue weighted by atomic mass is 16.3. The van der Waals surface area contributed by atoms with Gasteiger partial charge in [0.15, 0.2) is 17.5 Å². The van der Waals surface area contributed by atoms with Gasteiger partial charge in [-0.05, 0) is 87.6 Å². The average Bonchev–Trinajstić information content (AvgIpc) is 3.82. The van der Waals surface area contributed by atoms with Crippen molar-refractivity contribution in [3.8, 4) is 39.6 Å². The van der Waals surface area contributed by atoms with Crippen LogP contribution in [-0.2, 0) is 6.42 Å². The minimum Gasteiger partial charge on any atom is -0.460 e. The molecule has 0 spiro atoms. The molecule has 272 valence electrons. The summed E-state index contributed by atoms with van der Waals surface area (Å²) < 4.78 is 8.74. The highest BCUT2D eigenvalue weighted by Crippen LogP contribution is 2.40. The predicted octanol–water partition coefficient (Wildman–Crippen LogP) is 13.4. The SMILES string of the molecule is C1=C(c2nc(-c3ccccc3)nc(-c3cccc(-c4ccc(-n5c6cc7ccccc7cc6c6cc7ccccc7cc65)cc4)c3)n2)c2c(oc3ccccc23)CC1. The summed E-state index contributed by atoms with van der Waals surface area (Å²) in [4.78, 5) is 15.4. The van der Waals surface area contributed by atoms with Crippen molar-refractivity contribution in [1.82, 2.24) is 19.5 Å². The van der Waals surface area contributed by atoms with Gasteiger partial charge in [-0.15, -0.1) is 0 Å². The molecule has 0 saturated carbocycles. The van der Waals surface area contributed by atoms with E-state index in [9.17, 15) is 0 Å². The normalized spacial score (nSPS) is 12.8. The lowest BCUT2D eigenvalue weighted by atomic mass is 9.93. The lowest BCUT2D eigenvalue weighted by Gasteiger charge is -2.15. The number of furan rings is 1. The minimum atomic E-state index is 0.632. The standard InChI is InChI=1S/C53H34N4O/c1-2-12-34(13-3-1)51-54-52(56-53(55-51)43-21-11-23-49-50(43)42-20-8-9-22-48(42)58-49)40-19-10-18-35(28-40)33-24-26-41(27-25-33)57-46-31-38-16-6-4-14-36(38)29-44(46)45-30-37-15-5-7-17-39(37)32-47(45)57/h1-10,12-22,24-32H,11,23H2. The van der Waals surface area contributed by atoms with Gasteiger partial charge in [-0.2, -0.15) is 0 Å². The number of allylic oxidation sites excluding steroid dienone is 1. The number of hydrogen-bond acceptors (Lipinski definition) is 4. The maximum absolute atomic E-state index is 6.33. The summed E-state index contributed by atoms with van der Waals surface area (Å²) in [5.74, 6) is 2.91. The largest absolute Gasteiger partial charge is 0.460 e. The molecule has 3 aromatic heterocycles. The van der Waals surface area contributed by atoms with Gasteiger partial charge in [-0.1, -0.05) is 133 Å². The number of hydrogen-bond donors (Lipinski definition) is 0. The fraction of sp³-hybridized carbons (Fsp3) is 0.0377. The van der Waals surface area contributed by atoms with Gasteiger partial charge < -0.3 is 8.98 Å². The molecular weight excluding hydrogens is 709 g/mol. The van der Waals surface area contributed by atoms with Gasteiger partial charge in [0.25, 0.3) is 0 Å². The molecule has 3 heterocycles. The summed E-state index contributed by atoms with van der Waals surface area (Å²) in [6, 6.07) is 62.5. The number of para-hydroxylation sites is 1. The van der Waals surface area contributed by atoms with Gasteiger partial charge in [-0.25, -0.2) is 15.0 Å². The molecule has 0 saturated heterocycles. The van der Waals surface area contributed by atoms with E-state index in [0.717, 1.165) is 68.6 Å². The predicted molar refractivity (Wildman–Crippen MR) is 237 cm³/mol. The van der Waals surface area contributed by atoms with Crippen LogP contribution in [0.25, 0.3) is 99.5 Å². The fourth-order valence-corrected chi connectivity index (χ4v) is 8.87. The van der Waals surface area contributed by atoms with Crippen LogP contribution in [0.2, 0.25) is 0 Å². The van der Waals surface area contributed by atoms with Crippen molar-refractivity contribution in [2.24, 2.45) is 0 Å². The van der Waals surface area contributed by atoms with Crippen molar-refractivity contribution in [3.05, 3.63) is 199 Å². The van der Waals surface area contributed by atoms with Crippen LogP contribution in [0.4, 0.5) is 0 Å². The van der Waals surface area contributed by atoms with Gasteiger partial charge in [0.2, 0.25) is 0 Å². The lowest BCUT2D eigenvalue weighted by Crippen LogP contribution is -2.06. The van der Waals surface area contributed by atoms with E-state index in [1.165, 1.54) is 43.4 Å². The van der Waals surface area contributed by atoms with E-state index in [-0.39, 0.29) is 0 Å². The lowest BCUT2D eigenvalue weighted by molar-refractivity contribution is 0.545. The maximum atomic E-state index is 6.33. The Kier molecular flexibility index (Phi) is 7.29. The average molecular weight is 743 g/mol. The first kappa shape index (κ1) is 32.6. The van der Waals surface area contributed by atoms with Crippen LogP contribution in [0.3, 0.4) is 0 Å². The Bertz CT molecular complexity index is 3350. The molecular formula is C53H34N4O. The molecule has 0 N–H and O–H groups in total. The molecule has 0 unspecified atom stereocenters. The van der Waals surface area contributed by atoms with Gasteiger partial charge in [-0.3, -0.25) is 0 Å². The van der Waals surface area contributed by atoms with Crippen molar-refractivity contribution in [2.75, 3.05) is 0 Å². The number of benzene rings is 8. The second-order valence-corrected chi connectivity index (χ2v) is 15.1. The second kappa shape index (κ2) is 13.0. The molecule has 0 aliphatic heterocycles. The third-order valence-electron chi connectivity index (χ3n) is 11.6. The Hall–Kier alpha value is -7.63. The molecule has 1 aliphatic carbocycles. The Morgan fingerprint density at radius 2 is 1.00 bits per heavy atom. The van der Waals surface area contributed by atoms with Crippen LogP contribution in [0, 0.1) is 0 Å². The van der Waals surface area contributed by atoms with Crippen LogP contribution in [0.1, 0.15) is 23.6 Å². The van der Waals surface area contributed by atoms with E-state index >= 15 is 0 Å². The number of rotatable bonds is 5. The van der Waals surface area contributed by atoms with Crippen molar-refractivity contribution in [3.63, 3.8) is 0 Å². The summed E-state index contributed by atoms with van der Waals surface area (Å²) in [7, 11) is 0. The van der Waals surface area contributed by atoms with E-state index in [1.54, 1.807) is 0 Å². The molecule has 5 nitrogen and oxygen atoms in total. The van der Waals surface area contributed by atoms with E-state index in [0.29, 0.717) is 17.5 Å². The summed E-state index contributed by atoms with van der Waals surface area (Å²) in [5.41, 5.74) is 10.5. The minimum absolute atomic E-state index is 0.632. The van der Waals surface area contributed by atoms with E-state index in [2.05, 4.69) is 156 Å². The van der Waals surface area contributed by atoms with Crippen molar-refractivity contribution < 1.29 is 4.42 Å². The molecule has 11 aromatic rings. The number of aromatic nitrogens is 4. The van der Waals surface area contributed by atoms with Crippen LogP contribution in [0.15, 0.2) is 186 Å². The van der Waals surface area contributed by atoms with Gasteiger partial charge in [0.05, 0.1) is 11.0 Å². The smallest absolute Gasteiger partial charge is 0.164 e. The van der Waals surface area contributed by atoms with Crippen LogP contribution in [-0.4, -0.2) is 19.5 Å². The molecule has 1 aliphatic rings. The summed E-state index contributed by atoms with van der Waals surface area (Å²) >= 11 is 0. The Labute approximate surface area is 334 Å². The van der Waals surface area contributed by atoms with Crippen molar-refractivity contribution in [1.29, 1.82) is 0 Å². The zero-order valence-corrected chi connectivity index (χ0v) is 31.4. The third kappa shape index (κ3) is 5.28. The van der Waals surface area contributed by atoms with Gasteiger partial charge >= 0.3 is 0 Å². The third-order valence-corrected chi connectivity index (χ3v) is 11.6. The van der Waals surface area contributed by atoms with E-state index < -0.39 is 0 Å². The maximum Gasteiger partial charge on any atom is 0.164 e. The first-order valence-corrected chi connectivity index (χ1v) is 19.8. The Balaban J connectivity index is 0.969. The van der Waals surface area contributed by atoms with E-state index in [4.69, 9.17) is 19.4 Å². The summed E-state index contributed by atoms with van der Waals surface area (Å²) in [6.45, 7) is 0. The molecule has 0 radical (unpaired) electrons. The molecule has 0 bridgehead atoms. The Morgan fingerprint density at radius 3 is 1.71 bits per heavy atom. The molecule has 5 heteroatoms. The topological polar surface area (TPSA) is 56.7 Å². The molecule has 58 heavy (non-hydrogen) atoms. The van der Waals surface area contributed by atoms with Crippen molar-refractivity contribution >= 4 is 59.9 Å². The van der Waals surface area contributed by atoms with Gasteiger partial charge in [0.1, 0.15) is 11.3 Å². The second-order valence-electron chi connectivity index (χ2n) is 15.1. The molecule has 12 rings (SSSR count). The summed E-state index contributed by atoms with van der Waals surface area (Å²) in [6.07, 6.45) is 3.96. The summed E-state index contributed by atoms with van der Waals surface area (Å²) in [5, 5.41) is 8.54. The number of fused-ring (bicyclic) bond motifs is 8. The molecule has 8 aromatic carbocycles. The first-order valence-electron chi connectivity index (χ1n) is 19.8. The highest BCUT2D eigenvalue weighted by Gasteiger charge is 2.25. The fourth-order valence-electron chi connectivity index (χ4n) is 8.87. The van der Waals surface area contributed by atoms with Crippen LogP contribution in [0.5, 0.6) is 0 Å². The van der Waals surface area contributed by atoms with Gasteiger partial charge in [0, 0.05) is 50.5 Å². The van der Waals surface area contributed by atoms with Crippen molar-refractivity contribution in [2.45, 2.75) is 12.8 Å². The molecule has 0 fully saturated rings. The zero-order chi connectivity index (χ0) is 38.2. The highest BCUT2D eigenvalue weighted by molar-refractivity contribution is 6.16. The zero-order valence-electron chi connectivity index (χ0n) is 31.4. The van der Waals surface area contributed by atoms with Crippen LogP contribution < -0.4 is 0 Å². The number of nitrogens with zero attached hydrogens (tertiary/aromatic N) is 4. The first-order chi connectivity index (χ1) is 28.7. The Morgan fingerprint density at radius 1 is 0.431 bits per heavy atom. The quantitative estimate of drug-likeness (QED) is 0.176. The molecule has 0 atom stereocenters. The van der Waals surface area contributed by atoms with Crippen LogP contribution >= 0.6 is 0 Å².